The summed E-state index contributed by atoms with van der Waals surface area (Å²) in [5, 5.41) is 10.4. The fraction of sp³-hybridized carbons (Fsp3) is 1.00. The average Bonchev–Trinajstić information content (AvgIpc) is 2.53. The van der Waals surface area contributed by atoms with E-state index in [4.69, 9.17) is 0 Å². The molecule has 0 aromatic carbocycles. The minimum absolute atomic E-state index is 0.0907. The Hall–Kier alpha value is -0.0800. The maximum absolute atomic E-state index is 10.4. The number of aliphatic hydroxyl groups excluding tert-OH is 1. The summed E-state index contributed by atoms with van der Waals surface area (Å²) in [5.41, 5.74) is 0.386. The van der Waals surface area contributed by atoms with Crippen molar-refractivity contribution in [1.82, 2.24) is 4.90 Å². The van der Waals surface area contributed by atoms with Gasteiger partial charge in [-0.2, -0.15) is 0 Å². The van der Waals surface area contributed by atoms with Crippen LogP contribution in [0.15, 0.2) is 0 Å². The number of nitrogens with zero attached hydrogens (tertiary/aromatic N) is 1. The van der Waals surface area contributed by atoms with Gasteiger partial charge in [-0.05, 0) is 68.9 Å². The molecule has 112 valence electrons. The second-order valence-electron chi connectivity index (χ2n) is 8.08. The molecule has 0 radical (unpaired) electrons. The van der Waals surface area contributed by atoms with Crippen LogP contribution in [0.1, 0.15) is 66.2 Å². The van der Waals surface area contributed by atoms with Crippen LogP contribution in [0.2, 0.25) is 0 Å². The number of rotatable bonds is 1. The van der Waals surface area contributed by atoms with Gasteiger partial charge in [0, 0.05) is 6.04 Å². The van der Waals surface area contributed by atoms with E-state index >= 15 is 0 Å². The number of likely N-dealkylation sites (tertiary alicyclic amines) is 1. The van der Waals surface area contributed by atoms with Gasteiger partial charge in [-0.3, -0.25) is 4.90 Å². The second kappa shape index (κ2) is 6.13. The van der Waals surface area contributed by atoms with E-state index in [9.17, 15) is 5.11 Å². The van der Waals surface area contributed by atoms with E-state index in [0.717, 1.165) is 18.3 Å². The largest absolute Gasteiger partial charge is 0.391 e. The molecule has 0 bridgehead atoms. The Labute approximate surface area is 119 Å². The first kappa shape index (κ1) is 15.3. The molecular weight excluding hydrogens is 234 g/mol. The Morgan fingerprint density at radius 3 is 2.42 bits per heavy atom. The van der Waals surface area contributed by atoms with Gasteiger partial charge >= 0.3 is 0 Å². The summed E-state index contributed by atoms with van der Waals surface area (Å²) in [7, 11) is 0. The van der Waals surface area contributed by atoms with E-state index in [1.54, 1.807) is 0 Å². The Balaban J connectivity index is 2.00. The van der Waals surface area contributed by atoms with E-state index in [0.29, 0.717) is 11.5 Å². The van der Waals surface area contributed by atoms with E-state index in [2.05, 4.69) is 32.6 Å². The van der Waals surface area contributed by atoms with Gasteiger partial charge in [-0.1, -0.05) is 27.7 Å². The van der Waals surface area contributed by atoms with Gasteiger partial charge < -0.3 is 5.11 Å². The normalized spacial score (nSPS) is 39.0. The molecule has 0 amide bonds. The van der Waals surface area contributed by atoms with Crippen molar-refractivity contribution in [2.75, 3.05) is 13.1 Å². The maximum Gasteiger partial charge on any atom is 0.0695 e. The molecule has 2 nitrogen and oxygen atoms in total. The van der Waals surface area contributed by atoms with Gasteiger partial charge in [0.05, 0.1) is 6.10 Å². The molecule has 1 N–H and O–H groups in total. The fourth-order valence-corrected chi connectivity index (χ4v) is 3.93. The highest BCUT2D eigenvalue weighted by Gasteiger charge is 2.38. The van der Waals surface area contributed by atoms with Crippen LogP contribution < -0.4 is 0 Å². The molecule has 1 aliphatic heterocycles. The molecule has 2 aliphatic rings. The summed E-state index contributed by atoms with van der Waals surface area (Å²) in [4.78, 5) is 2.60. The summed E-state index contributed by atoms with van der Waals surface area (Å²) in [6, 6.07) is 0.420. The lowest BCUT2D eigenvalue weighted by atomic mass is 9.70. The standard InChI is InChI=1S/C17H33NO/c1-13-6-5-10-18(11-9-13)15-12-14(17(2,3)4)7-8-16(15)19/h13-16,19H,5-12H2,1-4H3. The van der Waals surface area contributed by atoms with Gasteiger partial charge in [-0.25, -0.2) is 0 Å². The molecule has 1 saturated carbocycles. The lowest BCUT2D eigenvalue weighted by molar-refractivity contribution is -0.0161. The average molecular weight is 267 g/mol. The zero-order chi connectivity index (χ0) is 14.0. The monoisotopic (exact) mass is 267 g/mol. The van der Waals surface area contributed by atoms with Crippen molar-refractivity contribution >= 4 is 0 Å². The predicted octanol–water partition coefficient (Wildman–Crippen LogP) is 3.68. The Bertz CT molecular complexity index is 283. The zero-order valence-electron chi connectivity index (χ0n) is 13.4. The minimum Gasteiger partial charge on any atom is -0.391 e. The van der Waals surface area contributed by atoms with Crippen LogP contribution in [-0.4, -0.2) is 35.2 Å². The topological polar surface area (TPSA) is 23.5 Å². The highest BCUT2D eigenvalue weighted by molar-refractivity contribution is 4.91. The predicted molar refractivity (Wildman–Crippen MR) is 81.2 cm³/mol. The minimum atomic E-state index is -0.0907. The van der Waals surface area contributed by atoms with Crippen molar-refractivity contribution in [3.63, 3.8) is 0 Å². The smallest absolute Gasteiger partial charge is 0.0695 e. The van der Waals surface area contributed by atoms with E-state index in [1.165, 1.54) is 45.2 Å². The third-order valence-electron chi connectivity index (χ3n) is 5.53. The molecule has 1 heterocycles. The van der Waals surface area contributed by atoms with Crippen molar-refractivity contribution in [2.24, 2.45) is 17.3 Å². The van der Waals surface area contributed by atoms with Crippen LogP contribution in [0.5, 0.6) is 0 Å². The third-order valence-corrected chi connectivity index (χ3v) is 5.53. The Morgan fingerprint density at radius 2 is 1.74 bits per heavy atom. The lowest BCUT2D eigenvalue weighted by Gasteiger charge is -2.44. The van der Waals surface area contributed by atoms with Crippen molar-refractivity contribution in [3.05, 3.63) is 0 Å². The van der Waals surface area contributed by atoms with Gasteiger partial charge in [0.1, 0.15) is 0 Å². The SMILES string of the molecule is CC1CCCN(C2CC(C(C)(C)C)CCC2O)CC1. The summed E-state index contributed by atoms with van der Waals surface area (Å²) in [5.74, 6) is 1.63. The quantitative estimate of drug-likeness (QED) is 0.783. The maximum atomic E-state index is 10.4. The van der Waals surface area contributed by atoms with Gasteiger partial charge in [-0.15, -0.1) is 0 Å². The Morgan fingerprint density at radius 1 is 1.00 bits per heavy atom. The van der Waals surface area contributed by atoms with Crippen LogP contribution in [0.25, 0.3) is 0 Å². The summed E-state index contributed by atoms with van der Waals surface area (Å²) in [6.45, 7) is 11.8. The van der Waals surface area contributed by atoms with Gasteiger partial charge in [0.15, 0.2) is 0 Å². The number of hydrogen-bond donors (Lipinski definition) is 1. The molecule has 19 heavy (non-hydrogen) atoms. The first-order valence-electron chi connectivity index (χ1n) is 8.30. The van der Waals surface area contributed by atoms with E-state index < -0.39 is 0 Å². The molecule has 2 rings (SSSR count). The lowest BCUT2D eigenvalue weighted by Crippen LogP contribution is -2.49. The summed E-state index contributed by atoms with van der Waals surface area (Å²) < 4.78 is 0. The summed E-state index contributed by atoms with van der Waals surface area (Å²) in [6.07, 6.45) is 7.28. The van der Waals surface area contributed by atoms with Crippen LogP contribution in [0.4, 0.5) is 0 Å². The van der Waals surface area contributed by atoms with E-state index in [1.807, 2.05) is 0 Å². The molecule has 4 unspecified atom stereocenters. The highest BCUT2D eigenvalue weighted by Crippen LogP contribution is 2.39. The van der Waals surface area contributed by atoms with Gasteiger partial charge in [0.2, 0.25) is 0 Å². The van der Waals surface area contributed by atoms with Crippen LogP contribution in [0, 0.1) is 17.3 Å². The molecule has 2 fully saturated rings. The van der Waals surface area contributed by atoms with E-state index in [-0.39, 0.29) is 6.10 Å². The van der Waals surface area contributed by atoms with Crippen molar-refractivity contribution in [1.29, 1.82) is 0 Å². The zero-order valence-corrected chi connectivity index (χ0v) is 13.4. The molecule has 4 atom stereocenters. The van der Waals surface area contributed by atoms with Crippen LogP contribution in [-0.2, 0) is 0 Å². The molecule has 1 aliphatic carbocycles. The van der Waals surface area contributed by atoms with Crippen LogP contribution >= 0.6 is 0 Å². The van der Waals surface area contributed by atoms with Gasteiger partial charge in [0.25, 0.3) is 0 Å². The molecule has 0 aromatic rings. The summed E-state index contributed by atoms with van der Waals surface area (Å²) >= 11 is 0. The molecule has 2 heteroatoms. The molecule has 0 spiro atoms. The first-order valence-corrected chi connectivity index (χ1v) is 8.30. The molecular formula is C17H33NO. The van der Waals surface area contributed by atoms with Crippen molar-refractivity contribution in [3.8, 4) is 0 Å². The fourth-order valence-electron chi connectivity index (χ4n) is 3.93. The first-order chi connectivity index (χ1) is 8.88. The number of aliphatic hydroxyl groups is 1. The number of hydrogen-bond acceptors (Lipinski definition) is 2. The second-order valence-corrected chi connectivity index (χ2v) is 8.08. The molecule has 0 aromatic heterocycles. The Kier molecular flexibility index (Phi) is 4.94. The molecule has 1 saturated heterocycles. The third kappa shape index (κ3) is 3.95. The highest BCUT2D eigenvalue weighted by atomic mass is 16.3. The van der Waals surface area contributed by atoms with Crippen molar-refractivity contribution < 1.29 is 5.11 Å². The van der Waals surface area contributed by atoms with Crippen molar-refractivity contribution in [2.45, 2.75) is 78.4 Å². The van der Waals surface area contributed by atoms with Crippen LogP contribution in [0.3, 0.4) is 0 Å².